The lowest BCUT2D eigenvalue weighted by atomic mass is 9.62. The van der Waals surface area contributed by atoms with Crippen LogP contribution in [0.2, 0.25) is 5.02 Å². The number of fused-ring (bicyclic) bond motifs is 1. The molecular formula is C111H99ClF8N12O8. The van der Waals surface area contributed by atoms with Crippen LogP contribution in [-0.2, 0) is 19.2 Å². The third-order valence-electron chi connectivity index (χ3n) is 28.9. The number of carbonyl (C=O) groups excluding carboxylic acids is 8. The molecule has 0 radical (unpaired) electrons. The van der Waals surface area contributed by atoms with Gasteiger partial charge >= 0.3 is 24.1 Å². The van der Waals surface area contributed by atoms with Crippen molar-refractivity contribution in [2.45, 2.75) is 96.3 Å². The quantitative estimate of drug-likeness (QED) is 0.0681. The summed E-state index contributed by atoms with van der Waals surface area (Å²) in [6, 6.07) is 79.9. The molecular weight excluding hydrogens is 1820 g/mol. The zero-order valence-corrected chi connectivity index (χ0v) is 77.5. The largest absolute Gasteiger partial charge is 0.324 e. The third-order valence-corrected chi connectivity index (χ3v) is 29.2. The minimum atomic E-state index is -0.715. The van der Waals surface area contributed by atoms with Crippen LogP contribution in [0, 0.1) is 89.0 Å². The summed E-state index contributed by atoms with van der Waals surface area (Å²) in [6.45, 7) is 9.16. The zero-order valence-electron chi connectivity index (χ0n) is 76.7. The Labute approximate surface area is 809 Å². The lowest BCUT2D eigenvalue weighted by Gasteiger charge is -2.59. The summed E-state index contributed by atoms with van der Waals surface area (Å²) in [5, 5.41) is 14.3. The Bertz CT molecular complexity index is 6610. The number of β-lactam (4-membered cyclic amide) rings is 4. The fourth-order valence-electron chi connectivity index (χ4n) is 21.3. The SMILES string of the molecule is Cc1cccc(C)c1NC(=O)N1CCC2(CC1)C(=O)N(c1ccc(F)cc1)C2c1ccc(F)cc1.Cc1ccccc1NC(=O)N1CCC2(CC1)C(=O)N(c1ccc(F)cc1)C2c1ccc(F)cc1.O=C(Nc1cccc2ccccc12)N1CCC2(CC1)C(=O)N(c1ccc(F)cc1)C2c1ccc(F)cc1.O=C(Nc1ccccc1Cl)N1CCC2(CC1)C(=O)N(c1ccc(F)cc1)C2c1ccc(F)cc1. The molecule has 13 aromatic rings. The summed E-state index contributed by atoms with van der Waals surface area (Å²) in [4.78, 5) is 120. The molecule has 8 aliphatic rings. The van der Waals surface area contributed by atoms with Crippen LogP contribution in [0.15, 0.2) is 303 Å². The van der Waals surface area contributed by atoms with E-state index in [0.717, 1.165) is 66.8 Å². The monoisotopic (exact) mass is 1910 g/mol. The average Bonchev–Trinajstić information content (AvgIpc) is 0.711. The fraction of sp³-hybridized carbons (Fsp3) is 0.243. The van der Waals surface area contributed by atoms with Crippen LogP contribution in [0.1, 0.15) is 114 Å². The normalized spacial score (nSPS) is 19.0. The van der Waals surface area contributed by atoms with Gasteiger partial charge in [0, 0.05) is 91.9 Å². The molecule has 0 aromatic heterocycles. The van der Waals surface area contributed by atoms with Crippen molar-refractivity contribution in [2.75, 3.05) is 93.2 Å². The van der Waals surface area contributed by atoms with Gasteiger partial charge in [-0.3, -0.25) is 19.2 Å². The van der Waals surface area contributed by atoms with Crippen molar-refractivity contribution in [2.24, 2.45) is 21.7 Å². The average molecular weight is 1920 g/mol. The van der Waals surface area contributed by atoms with Crippen LogP contribution >= 0.6 is 11.6 Å². The summed E-state index contributed by atoms with van der Waals surface area (Å²) in [5.74, 6) is -3.14. The Kier molecular flexibility index (Phi) is 27.0. The summed E-state index contributed by atoms with van der Waals surface area (Å²) in [7, 11) is 0. The Morgan fingerprint density at radius 1 is 0.264 bits per heavy atom. The lowest BCUT2D eigenvalue weighted by Crippen LogP contribution is -2.67. The molecule has 8 fully saturated rings. The predicted molar refractivity (Wildman–Crippen MR) is 524 cm³/mol. The van der Waals surface area contributed by atoms with Gasteiger partial charge in [0.05, 0.1) is 62.2 Å². The Hall–Kier alpha value is -15.2. The van der Waals surface area contributed by atoms with Gasteiger partial charge in [0.1, 0.15) is 46.5 Å². The molecule has 4 unspecified atom stereocenters. The van der Waals surface area contributed by atoms with Crippen LogP contribution in [-0.4, -0.2) is 120 Å². The number of halogens is 9. The molecule has 0 saturated carbocycles. The predicted octanol–water partition coefficient (Wildman–Crippen LogP) is 24.2. The number of rotatable bonds is 12. The number of hydrogen-bond acceptors (Lipinski definition) is 8. The van der Waals surface area contributed by atoms with Crippen LogP contribution in [0.4, 0.5) is 99.8 Å². The van der Waals surface area contributed by atoms with E-state index < -0.39 is 21.7 Å². The molecule has 20 nitrogen and oxygen atoms in total. The molecule has 8 heterocycles. The second-order valence-electron chi connectivity index (χ2n) is 36.8. The first-order valence-corrected chi connectivity index (χ1v) is 46.9. The van der Waals surface area contributed by atoms with Gasteiger partial charge in [-0.1, -0.05) is 145 Å². The van der Waals surface area contributed by atoms with Gasteiger partial charge in [-0.2, -0.15) is 0 Å². The van der Waals surface area contributed by atoms with E-state index in [1.165, 1.54) is 97.1 Å². The van der Waals surface area contributed by atoms with Gasteiger partial charge in [-0.05, 0) is 286 Å². The first-order chi connectivity index (χ1) is 67.5. The Morgan fingerprint density at radius 3 is 0.800 bits per heavy atom. The molecule has 29 heteroatoms. The van der Waals surface area contributed by atoms with Crippen molar-refractivity contribution in [1.82, 2.24) is 19.6 Å². The first-order valence-electron chi connectivity index (χ1n) is 46.5. The maximum Gasteiger partial charge on any atom is 0.321 e. The Morgan fingerprint density at radius 2 is 0.493 bits per heavy atom. The maximum atomic E-state index is 13.7. The van der Waals surface area contributed by atoms with Gasteiger partial charge in [0.25, 0.3) is 0 Å². The second kappa shape index (κ2) is 39.7. The standard InChI is InChI=1S/C30H25F2N3O2.C28H27F2N3O2.C27H25F2N3O2.C26H22ClF2N3O2/c31-22-10-8-21(9-11-22)27-30(28(36)35(27)24-14-12-23(32)13-15-24)16-18-34(19-17-30)29(37)33-26-7-3-5-20-4-1-2-6-25(20)26;1-18-4-3-5-19(2)24(18)31-27(35)32-16-14-28(15-17-32)25(20-6-8-21(29)9-7-20)33(26(28)34)23-12-10-22(30)11-13-23;1-18-4-2-3-5-23(18)30-26(34)31-16-14-27(15-17-31)24(19-6-8-20(28)9-7-19)32(25(27)33)22-12-10-21(29)11-13-22;27-21-3-1-2-4-22(21)30-25(34)31-15-13-26(14-16-31)23(17-5-7-18(28)8-6-17)32(24(26)33)20-11-9-19(29)10-12-20/h1-15,27H,16-19H2,(H,33,37);3-13,25H,14-17H2,1-2H3,(H,31,35);2-13,24H,14-17H2,1H3,(H,30,34);1-12,23H,13-16H2,(H,30,34). The number of hydrogen-bond donors (Lipinski definition) is 4. The van der Waals surface area contributed by atoms with E-state index >= 15 is 0 Å². The highest BCUT2D eigenvalue weighted by molar-refractivity contribution is 6.33. The molecule has 21 rings (SSSR count). The van der Waals surface area contributed by atoms with Crippen molar-refractivity contribution < 1.29 is 73.5 Å². The minimum Gasteiger partial charge on any atom is -0.324 e. The fourth-order valence-corrected chi connectivity index (χ4v) is 21.5. The Balaban J connectivity index is 0.000000124. The summed E-state index contributed by atoms with van der Waals surface area (Å²) < 4.78 is 109. The highest BCUT2D eigenvalue weighted by Crippen LogP contribution is 2.62. The zero-order chi connectivity index (χ0) is 98.1. The highest BCUT2D eigenvalue weighted by Gasteiger charge is 2.66. The molecule has 4 N–H and O–H groups in total. The molecule has 4 spiro atoms. The van der Waals surface area contributed by atoms with Gasteiger partial charge in [-0.15, -0.1) is 0 Å². The molecule has 714 valence electrons. The van der Waals surface area contributed by atoms with Crippen molar-refractivity contribution in [3.05, 3.63) is 394 Å². The second-order valence-corrected chi connectivity index (χ2v) is 37.2. The van der Waals surface area contributed by atoms with Gasteiger partial charge in [0.2, 0.25) is 23.6 Å². The van der Waals surface area contributed by atoms with E-state index in [-0.39, 0.29) is 118 Å². The molecule has 8 saturated heterocycles. The molecule has 0 bridgehead atoms. The van der Waals surface area contributed by atoms with Crippen molar-refractivity contribution in [3.8, 4) is 0 Å². The number of nitrogens with one attached hydrogen (secondary N) is 4. The number of para-hydroxylation sites is 3. The molecule has 0 aliphatic carbocycles. The summed E-state index contributed by atoms with van der Waals surface area (Å²) in [6.07, 6.45) is 3.85. The van der Waals surface area contributed by atoms with E-state index in [1.807, 2.05) is 106 Å². The van der Waals surface area contributed by atoms with E-state index in [1.54, 1.807) is 161 Å². The van der Waals surface area contributed by atoms with Crippen molar-refractivity contribution >= 4 is 116 Å². The number of benzene rings is 13. The third kappa shape index (κ3) is 18.5. The number of urea groups is 4. The molecule has 12 amide bonds. The summed E-state index contributed by atoms with van der Waals surface area (Å²) in [5.41, 5.74) is 8.67. The van der Waals surface area contributed by atoms with Crippen LogP contribution in [0.3, 0.4) is 0 Å². The van der Waals surface area contributed by atoms with Gasteiger partial charge in [-0.25, -0.2) is 54.3 Å². The number of nitrogens with zero attached hydrogens (tertiary/aromatic N) is 8. The number of piperidine rings is 4. The van der Waals surface area contributed by atoms with E-state index in [0.29, 0.717) is 137 Å². The molecule has 4 atom stereocenters. The number of aryl methyl sites for hydroxylation is 3. The topological polar surface area (TPSA) is 211 Å². The minimum absolute atomic E-state index is 0.0479. The molecule has 140 heavy (non-hydrogen) atoms. The molecule has 8 aliphatic heterocycles. The lowest BCUT2D eigenvalue weighted by molar-refractivity contribution is -0.144. The van der Waals surface area contributed by atoms with E-state index in [4.69, 9.17) is 11.6 Å². The van der Waals surface area contributed by atoms with Crippen molar-refractivity contribution in [1.29, 1.82) is 0 Å². The van der Waals surface area contributed by atoms with Crippen LogP contribution in [0.25, 0.3) is 10.8 Å². The number of anilines is 8. The summed E-state index contributed by atoms with van der Waals surface area (Å²) >= 11 is 6.15. The van der Waals surface area contributed by atoms with E-state index in [9.17, 15) is 73.5 Å². The van der Waals surface area contributed by atoms with E-state index in [2.05, 4.69) is 21.3 Å². The maximum absolute atomic E-state index is 13.7. The van der Waals surface area contributed by atoms with Crippen molar-refractivity contribution in [3.63, 3.8) is 0 Å². The highest BCUT2D eigenvalue weighted by atomic mass is 35.5. The number of likely N-dealkylation sites (tertiary alicyclic amines) is 4. The smallest absolute Gasteiger partial charge is 0.321 e. The van der Waals surface area contributed by atoms with Crippen LogP contribution < -0.4 is 40.9 Å². The first kappa shape index (κ1) is 95.1. The number of amides is 12. The number of carbonyl (C=O) groups is 8. The molecule has 13 aromatic carbocycles. The van der Waals surface area contributed by atoms with Gasteiger partial charge < -0.3 is 60.5 Å². The van der Waals surface area contributed by atoms with Crippen LogP contribution in [0.5, 0.6) is 0 Å². The van der Waals surface area contributed by atoms with Gasteiger partial charge in [0.15, 0.2) is 0 Å².